The topological polar surface area (TPSA) is 86.8 Å². The molecule has 1 saturated heterocycles. The lowest BCUT2D eigenvalue weighted by Gasteiger charge is -2.33. The van der Waals surface area contributed by atoms with Crippen LogP contribution in [0.15, 0.2) is 30.5 Å². The highest BCUT2D eigenvalue weighted by molar-refractivity contribution is 5.88. The van der Waals surface area contributed by atoms with Gasteiger partial charge >= 0.3 is 12.1 Å². The first-order valence-corrected chi connectivity index (χ1v) is 9.86. The van der Waals surface area contributed by atoms with E-state index in [2.05, 4.69) is 15.6 Å². The number of aromatic nitrogens is 1. The zero-order valence-electron chi connectivity index (χ0n) is 17.5. The molecule has 1 aromatic heterocycles. The molecule has 10 heteroatoms. The van der Waals surface area contributed by atoms with E-state index in [1.54, 1.807) is 17.0 Å². The normalized spacial score (nSPS) is 14.3. The fraction of sp³-hybridized carbons (Fsp3) is 0.381. The van der Waals surface area contributed by atoms with Crippen LogP contribution in [0.4, 0.5) is 24.1 Å². The molecule has 31 heavy (non-hydrogen) atoms. The molecule has 0 unspecified atom stereocenters. The summed E-state index contributed by atoms with van der Waals surface area (Å²) in [6, 6.07) is 5.43. The Morgan fingerprint density at radius 2 is 1.87 bits per heavy atom. The first kappa shape index (κ1) is 22.4. The molecule has 0 spiro atoms. The number of halogens is 2. The number of nitrogens with zero attached hydrogens (tertiary/aromatic N) is 3. The molecular weight excluding hydrogens is 408 g/mol. The largest absolute Gasteiger partial charge is 0.453 e. The third kappa shape index (κ3) is 5.88. The van der Waals surface area contributed by atoms with E-state index in [0.717, 1.165) is 5.69 Å². The fourth-order valence-electron chi connectivity index (χ4n) is 3.27. The van der Waals surface area contributed by atoms with Gasteiger partial charge < -0.3 is 20.3 Å². The van der Waals surface area contributed by atoms with Crippen molar-refractivity contribution in [2.45, 2.75) is 20.0 Å². The lowest BCUT2D eigenvalue weighted by atomic mass is 10.1. The van der Waals surface area contributed by atoms with Gasteiger partial charge in [-0.15, -0.1) is 0 Å². The molecule has 0 aliphatic carbocycles. The van der Waals surface area contributed by atoms with Gasteiger partial charge in [-0.05, 0) is 25.1 Å². The van der Waals surface area contributed by atoms with Crippen LogP contribution in [-0.4, -0.2) is 60.2 Å². The summed E-state index contributed by atoms with van der Waals surface area (Å²) in [6.07, 6.45) is 1.11. The lowest BCUT2D eigenvalue weighted by Crippen LogP contribution is -2.48. The summed E-state index contributed by atoms with van der Waals surface area (Å²) < 4.78 is 33.9. The van der Waals surface area contributed by atoms with Crippen molar-refractivity contribution in [1.82, 2.24) is 20.1 Å². The summed E-state index contributed by atoms with van der Waals surface area (Å²) in [5.41, 5.74) is 1.40. The number of methoxy groups -OCH3 is 1. The van der Waals surface area contributed by atoms with E-state index in [-0.39, 0.29) is 24.7 Å². The number of urea groups is 1. The van der Waals surface area contributed by atoms with Gasteiger partial charge in [0.1, 0.15) is 11.6 Å². The monoisotopic (exact) mass is 433 g/mol. The molecule has 3 rings (SSSR count). The van der Waals surface area contributed by atoms with Crippen molar-refractivity contribution < 1.29 is 23.1 Å². The van der Waals surface area contributed by atoms with E-state index in [4.69, 9.17) is 4.74 Å². The van der Waals surface area contributed by atoms with Crippen molar-refractivity contribution in [3.05, 3.63) is 58.9 Å². The molecule has 0 radical (unpaired) electrons. The molecule has 1 aliphatic heterocycles. The molecule has 0 saturated carbocycles. The van der Waals surface area contributed by atoms with Crippen molar-refractivity contribution in [2.75, 3.05) is 38.6 Å². The summed E-state index contributed by atoms with van der Waals surface area (Å²) in [7, 11) is 1.33. The number of anilines is 1. The number of hydrogen-bond donors (Lipinski definition) is 2. The van der Waals surface area contributed by atoms with Crippen LogP contribution in [-0.2, 0) is 17.8 Å². The number of benzene rings is 1. The molecule has 2 aromatic rings. The SMILES string of the molecule is COC(=O)N1CCN(Cc2ccc(F)c(CNC(=O)Nc3ccc(C)nc3)c2F)CC1. The minimum absolute atomic E-state index is 0.206. The maximum Gasteiger partial charge on any atom is 0.409 e. The number of carbonyl (C=O) groups is 2. The highest BCUT2D eigenvalue weighted by Crippen LogP contribution is 2.19. The lowest BCUT2D eigenvalue weighted by molar-refractivity contribution is 0.0885. The summed E-state index contributed by atoms with van der Waals surface area (Å²) in [4.78, 5) is 31.2. The molecule has 3 amide bonds. The quantitative estimate of drug-likeness (QED) is 0.757. The van der Waals surface area contributed by atoms with E-state index in [9.17, 15) is 18.4 Å². The van der Waals surface area contributed by atoms with Crippen LogP contribution in [0, 0.1) is 18.6 Å². The number of amides is 3. The number of aryl methyl sites for hydroxylation is 1. The van der Waals surface area contributed by atoms with Gasteiger partial charge in [-0.25, -0.2) is 18.4 Å². The number of nitrogens with one attached hydrogen (secondary N) is 2. The van der Waals surface area contributed by atoms with Gasteiger partial charge in [0, 0.05) is 49.5 Å². The maximum atomic E-state index is 14.9. The Morgan fingerprint density at radius 3 is 2.52 bits per heavy atom. The Kier molecular flexibility index (Phi) is 7.35. The van der Waals surface area contributed by atoms with Crippen molar-refractivity contribution in [1.29, 1.82) is 0 Å². The van der Waals surface area contributed by atoms with E-state index >= 15 is 0 Å². The molecule has 2 N–H and O–H groups in total. The molecule has 2 heterocycles. The zero-order valence-corrected chi connectivity index (χ0v) is 17.5. The molecule has 0 atom stereocenters. The molecule has 0 bridgehead atoms. The van der Waals surface area contributed by atoms with Crippen molar-refractivity contribution in [3.8, 4) is 0 Å². The summed E-state index contributed by atoms with van der Waals surface area (Å²) in [5.74, 6) is -1.42. The van der Waals surface area contributed by atoms with E-state index in [1.807, 2.05) is 11.8 Å². The third-order valence-electron chi connectivity index (χ3n) is 5.06. The van der Waals surface area contributed by atoms with Crippen molar-refractivity contribution >= 4 is 17.8 Å². The van der Waals surface area contributed by atoms with E-state index < -0.39 is 17.7 Å². The van der Waals surface area contributed by atoms with Crippen LogP contribution < -0.4 is 10.6 Å². The minimum Gasteiger partial charge on any atom is -0.453 e. The molecule has 1 aromatic carbocycles. The van der Waals surface area contributed by atoms with Crippen molar-refractivity contribution in [2.24, 2.45) is 0 Å². The van der Waals surface area contributed by atoms with Gasteiger partial charge in [-0.1, -0.05) is 6.07 Å². The molecule has 1 aliphatic rings. The Balaban J connectivity index is 1.58. The predicted molar refractivity (Wildman–Crippen MR) is 110 cm³/mol. The molecule has 1 fully saturated rings. The number of pyridine rings is 1. The van der Waals surface area contributed by atoms with Gasteiger partial charge in [-0.2, -0.15) is 0 Å². The Hall–Kier alpha value is -3.27. The molecule has 8 nitrogen and oxygen atoms in total. The highest BCUT2D eigenvalue weighted by Gasteiger charge is 2.23. The first-order valence-electron chi connectivity index (χ1n) is 9.86. The Bertz CT molecular complexity index is 931. The second-order valence-electron chi connectivity index (χ2n) is 7.23. The first-order chi connectivity index (χ1) is 14.9. The van der Waals surface area contributed by atoms with Gasteiger partial charge in [0.25, 0.3) is 0 Å². The molecular formula is C21H25F2N5O3. The standard InChI is InChI=1S/C21H25F2N5O3/c1-14-3-5-16(11-24-14)26-20(29)25-12-17-18(22)6-4-15(19(17)23)13-27-7-9-28(10-8-27)21(30)31-2/h3-6,11H,7-10,12-13H2,1-2H3,(H2,25,26,29). The Labute approximate surface area is 179 Å². The fourth-order valence-corrected chi connectivity index (χ4v) is 3.27. The molecule has 166 valence electrons. The Morgan fingerprint density at radius 1 is 1.13 bits per heavy atom. The van der Waals surface area contributed by atoms with Gasteiger partial charge in [0.05, 0.1) is 25.5 Å². The minimum atomic E-state index is -0.728. The summed E-state index contributed by atoms with van der Waals surface area (Å²) in [6.45, 7) is 3.83. The number of hydrogen-bond acceptors (Lipinski definition) is 5. The van der Waals surface area contributed by atoms with E-state index in [1.165, 1.54) is 25.4 Å². The average molecular weight is 433 g/mol. The van der Waals surface area contributed by atoms with Crippen LogP contribution in [0.2, 0.25) is 0 Å². The van der Waals surface area contributed by atoms with E-state index in [0.29, 0.717) is 37.4 Å². The summed E-state index contributed by atoms with van der Waals surface area (Å²) in [5, 5.41) is 5.04. The number of rotatable bonds is 5. The van der Waals surface area contributed by atoms with Crippen LogP contribution in [0.25, 0.3) is 0 Å². The van der Waals surface area contributed by atoms with Gasteiger partial charge in [-0.3, -0.25) is 9.88 Å². The highest BCUT2D eigenvalue weighted by atomic mass is 19.1. The second kappa shape index (κ2) is 10.2. The van der Waals surface area contributed by atoms with Crippen LogP contribution in [0.3, 0.4) is 0 Å². The van der Waals surface area contributed by atoms with Crippen LogP contribution in [0.5, 0.6) is 0 Å². The summed E-state index contributed by atoms with van der Waals surface area (Å²) >= 11 is 0. The second-order valence-corrected chi connectivity index (χ2v) is 7.23. The van der Waals surface area contributed by atoms with Crippen LogP contribution in [0.1, 0.15) is 16.8 Å². The van der Waals surface area contributed by atoms with Gasteiger partial charge in [0.2, 0.25) is 0 Å². The predicted octanol–water partition coefficient (Wildman–Crippen LogP) is 2.87. The smallest absolute Gasteiger partial charge is 0.409 e. The van der Waals surface area contributed by atoms with Gasteiger partial charge in [0.15, 0.2) is 0 Å². The number of carbonyl (C=O) groups excluding carboxylic acids is 2. The average Bonchev–Trinajstić information content (AvgIpc) is 2.77. The maximum absolute atomic E-state index is 14.9. The third-order valence-corrected chi connectivity index (χ3v) is 5.06. The number of ether oxygens (including phenoxy) is 1. The zero-order chi connectivity index (χ0) is 22.4. The van der Waals surface area contributed by atoms with Crippen molar-refractivity contribution in [3.63, 3.8) is 0 Å². The van der Waals surface area contributed by atoms with Crippen LogP contribution >= 0.6 is 0 Å². The number of piperazine rings is 1.